The predicted octanol–water partition coefficient (Wildman–Crippen LogP) is 7.24. The molecular formula is C31H28BrFN4O4S2. The zero-order valence-electron chi connectivity index (χ0n) is 23.4. The van der Waals surface area contributed by atoms with E-state index in [4.69, 9.17) is 14.5 Å². The number of benzene rings is 3. The fourth-order valence-corrected chi connectivity index (χ4v) is 6.08. The van der Waals surface area contributed by atoms with Gasteiger partial charge in [-0.15, -0.1) is 11.3 Å². The lowest BCUT2D eigenvalue weighted by atomic mass is 10.1. The molecule has 0 amide bonds. The van der Waals surface area contributed by atoms with Gasteiger partial charge >= 0.3 is 0 Å². The smallest absolute Gasteiger partial charge is 0.215 e. The van der Waals surface area contributed by atoms with Crippen LogP contribution in [0, 0.1) is 11.7 Å². The Morgan fingerprint density at radius 3 is 2.72 bits per heavy atom. The molecule has 1 N–H and O–H groups in total. The standard InChI is InChI=1S/C31H28BrFN4O4S2/c1-19(2)29(43(38)39)16-40-11-10-30-37-27(17-42-30)21-6-8-26-24(13-21)31(35-18-34-26)36-23-7-9-28(25(32)14-23)41-15-20-4-3-5-22(33)12-20/h3-9,12-14,17-19H,10-11,15-16H2,1-2H3,(H,34,35,36). The highest BCUT2D eigenvalue weighted by molar-refractivity contribution is 9.10. The number of halogens is 2. The van der Waals surface area contributed by atoms with Gasteiger partial charge in [-0.05, 0) is 69.9 Å². The second kappa shape index (κ2) is 14.2. The van der Waals surface area contributed by atoms with Gasteiger partial charge in [0, 0.05) is 28.4 Å². The molecular weight excluding hydrogens is 655 g/mol. The summed E-state index contributed by atoms with van der Waals surface area (Å²) >= 11 is 5.10. The molecule has 0 saturated carbocycles. The lowest BCUT2D eigenvalue weighted by molar-refractivity contribution is 0.174. The summed E-state index contributed by atoms with van der Waals surface area (Å²) in [6.45, 7) is 4.38. The predicted molar refractivity (Wildman–Crippen MR) is 172 cm³/mol. The minimum Gasteiger partial charge on any atom is -0.488 e. The first-order chi connectivity index (χ1) is 20.8. The van der Waals surface area contributed by atoms with Crippen molar-refractivity contribution in [3.63, 3.8) is 0 Å². The molecule has 2 aromatic heterocycles. The van der Waals surface area contributed by atoms with Crippen LogP contribution in [0.4, 0.5) is 15.9 Å². The van der Waals surface area contributed by atoms with E-state index >= 15 is 0 Å². The van der Waals surface area contributed by atoms with Gasteiger partial charge in [0.2, 0.25) is 10.3 Å². The Hall–Kier alpha value is -3.71. The van der Waals surface area contributed by atoms with Gasteiger partial charge in [-0.25, -0.2) is 19.3 Å². The molecule has 0 spiro atoms. The van der Waals surface area contributed by atoms with Gasteiger partial charge in [-0.1, -0.05) is 32.0 Å². The Morgan fingerprint density at radius 1 is 1.09 bits per heavy atom. The number of anilines is 2. The summed E-state index contributed by atoms with van der Waals surface area (Å²) in [5.74, 6) is 0.888. The van der Waals surface area contributed by atoms with Gasteiger partial charge in [-0.3, -0.25) is 0 Å². The summed E-state index contributed by atoms with van der Waals surface area (Å²) in [6.07, 6.45) is 2.10. The van der Waals surface area contributed by atoms with Crippen molar-refractivity contribution >= 4 is 64.8 Å². The van der Waals surface area contributed by atoms with Gasteiger partial charge in [0.15, 0.2) is 0 Å². The minimum absolute atomic E-state index is 0.0888. The number of fused-ring (bicyclic) bond motifs is 1. The number of hydrogen-bond donors (Lipinski definition) is 1. The number of nitrogens with zero attached hydrogens (tertiary/aromatic N) is 3. The van der Waals surface area contributed by atoms with Crippen molar-refractivity contribution < 1.29 is 22.3 Å². The maximum absolute atomic E-state index is 13.5. The summed E-state index contributed by atoms with van der Waals surface area (Å²) in [5.41, 5.74) is 4.08. The van der Waals surface area contributed by atoms with Gasteiger partial charge in [0.05, 0.1) is 38.8 Å². The molecule has 0 radical (unpaired) electrons. The van der Waals surface area contributed by atoms with E-state index in [9.17, 15) is 12.8 Å². The third-order valence-corrected chi connectivity index (χ3v) is 9.07. The zero-order valence-corrected chi connectivity index (χ0v) is 26.6. The van der Waals surface area contributed by atoms with Crippen LogP contribution in [0.5, 0.6) is 5.75 Å². The summed E-state index contributed by atoms with van der Waals surface area (Å²) in [7, 11) is -2.25. The van der Waals surface area contributed by atoms with Gasteiger partial charge in [0.1, 0.15) is 30.3 Å². The number of rotatable bonds is 12. The van der Waals surface area contributed by atoms with Crippen molar-refractivity contribution in [1.29, 1.82) is 0 Å². The molecule has 5 rings (SSSR count). The van der Waals surface area contributed by atoms with E-state index in [0.29, 0.717) is 29.5 Å². The summed E-state index contributed by atoms with van der Waals surface area (Å²) < 4.78 is 48.4. The van der Waals surface area contributed by atoms with E-state index in [1.165, 1.54) is 29.8 Å². The van der Waals surface area contributed by atoms with Crippen LogP contribution in [-0.2, 0) is 28.1 Å². The van der Waals surface area contributed by atoms with E-state index in [1.54, 1.807) is 6.07 Å². The first-order valence-electron chi connectivity index (χ1n) is 13.4. The minimum atomic E-state index is -2.25. The van der Waals surface area contributed by atoms with Crippen LogP contribution < -0.4 is 10.1 Å². The monoisotopic (exact) mass is 682 g/mol. The molecule has 43 heavy (non-hydrogen) atoms. The first-order valence-corrected chi connectivity index (χ1v) is 16.2. The van der Waals surface area contributed by atoms with Crippen molar-refractivity contribution in [3.05, 3.63) is 93.2 Å². The summed E-state index contributed by atoms with van der Waals surface area (Å²) in [5, 5.41) is 7.10. The van der Waals surface area contributed by atoms with Crippen molar-refractivity contribution in [3.8, 4) is 17.0 Å². The molecule has 0 aliphatic rings. The van der Waals surface area contributed by atoms with Gasteiger partial charge in [0.25, 0.3) is 0 Å². The fourth-order valence-electron chi connectivity index (χ4n) is 4.23. The van der Waals surface area contributed by atoms with E-state index in [0.717, 1.165) is 42.9 Å². The van der Waals surface area contributed by atoms with Crippen molar-refractivity contribution in [2.45, 2.75) is 26.9 Å². The average Bonchev–Trinajstić information content (AvgIpc) is 3.45. The molecule has 0 aliphatic heterocycles. The number of aromatic nitrogens is 3. The third-order valence-electron chi connectivity index (χ3n) is 6.52. The Kier molecular flexibility index (Phi) is 10.1. The Labute approximate surface area is 262 Å². The van der Waals surface area contributed by atoms with Gasteiger partial charge < -0.3 is 14.8 Å². The topological polar surface area (TPSA) is 103 Å². The Bertz CT molecular complexity index is 1890. The maximum atomic E-state index is 13.5. The number of thiazole rings is 1. The maximum Gasteiger partial charge on any atom is 0.215 e. The second-order valence-corrected chi connectivity index (χ2v) is 12.7. The highest BCUT2D eigenvalue weighted by atomic mass is 79.9. The van der Waals surface area contributed by atoms with Crippen LogP contribution in [0.15, 0.2) is 76.8 Å². The van der Waals surface area contributed by atoms with Crippen LogP contribution in [0.25, 0.3) is 22.2 Å². The summed E-state index contributed by atoms with van der Waals surface area (Å²) in [4.78, 5) is 14.0. The number of hydrogen-bond acceptors (Lipinski definition) is 9. The highest BCUT2D eigenvalue weighted by Crippen LogP contribution is 2.33. The van der Waals surface area contributed by atoms with Crippen molar-refractivity contribution in [2.75, 3.05) is 18.5 Å². The quantitative estimate of drug-likeness (QED) is 0.108. The van der Waals surface area contributed by atoms with Crippen LogP contribution in [-0.4, -0.2) is 41.4 Å². The molecule has 2 heterocycles. The van der Waals surface area contributed by atoms with Crippen molar-refractivity contribution in [1.82, 2.24) is 15.0 Å². The largest absolute Gasteiger partial charge is 0.488 e. The lowest BCUT2D eigenvalue weighted by Crippen LogP contribution is -2.17. The molecule has 222 valence electrons. The van der Waals surface area contributed by atoms with Crippen molar-refractivity contribution in [2.24, 2.45) is 5.92 Å². The molecule has 0 unspecified atom stereocenters. The second-order valence-electron chi connectivity index (χ2n) is 9.93. The first kappa shape index (κ1) is 30.7. The Balaban J connectivity index is 1.26. The molecule has 0 atom stereocenters. The fraction of sp³-hybridized carbons (Fsp3) is 0.226. The molecule has 0 aliphatic carbocycles. The van der Waals surface area contributed by atoms with E-state index < -0.39 is 10.3 Å². The lowest BCUT2D eigenvalue weighted by Gasteiger charge is -2.12. The molecule has 12 heteroatoms. The molecule has 0 bridgehead atoms. The van der Waals surface area contributed by atoms with Crippen LogP contribution >= 0.6 is 27.3 Å². The SMILES string of the molecule is CC(C)C(COCCc1nc(-c2ccc3ncnc(Nc4ccc(OCc5cccc(F)c5)c(Br)c4)c3c2)cs1)=S(=O)=O. The van der Waals surface area contributed by atoms with Crippen LogP contribution in [0.2, 0.25) is 0 Å². The van der Waals surface area contributed by atoms with Gasteiger partial charge in [-0.2, -0.15) is 8.42 Å². The van der Waals surface area contributed by atoms with E-state index in [2.05, 4.69) is 31.2 Å². The highest BCUT2D eigenvalue weighted by Gasteiger charge is 2.12. The number of ether oxygens (including phenoxy) is 2. The van der Waals surface area contributed by atoms with Crippen LogP contribution in [0.3, 0.4) is 0 Å². The van der Waals surface area contributed by atoms with E-state index in [1.807, 2.05) is 61.7 Å². The Morgan fingerprint density at radius 2 is 1.95 bits per heavy atom. The molecule has 5 aromatic rings. The number of nitrogens with one attached hydrogen (secondary N) is 1. The molecule has 0 saturated heterocycles. The molecule has 8 nitrogen and oxygen atoms in total. The van der Waals surface area contributed by atoms with Crippen LogP contribution in [0.1, 0.15) is 24.4 Å². The zero-order chi connectivity index (χ0) is 30.3. The average molecular weight is 684 g/mol. The summed E-state index contributed by atoms with van der Waals surface area (Å²) in [6, 6.07) is 17.8. The van der Waals surface area contributed by atoms with E-state index in [-0.39, 0.29) is 24.9 Å². The normalized spacial score (nSPS) is 11.2. The molecule has 3 aromatic carbocycles. The molecule has 0 fully saturated rings. The third kappa shape index (κ3) is 8.02.